The van der Waals surface area contributed by atoms with Gasteiger partial charge in [0, 0.05) is 13.0 Å². The maximum Gasteiger partial charge on any atom is 0.335 e. The van der Waals surface area contributed by atoms with E-state index in [1.165, 1.54) is 0 Å². The number of carbonyl (C=O) groups is 2. The van der Waals surface area contributed by atoms with E-state index in [0.29, 0.717) is 13.0 Å². The van der Waals surface area contributed by atoms with Crippen LogP contribution in [0.2, 0.25) is 0 Å². The molecule has 0 radical (unpaired) electrons. The molecule has 0 N–H and O–H groups in total. The normalized spacial score (nSPS) is 14.6. The monoisotopic (exact) mass is 202 g/mol. The van der Waals surface area contributed by atoms with Crippen molar-refractivity contribution in [2.45, 2.75) is 46.3 Å². The Hall–Kier alpha value is -0.900. The zero-order valence-corrected chi connectivity index (χ0v) is 9.20. The molecule has 2 atom stereocenters. The van der Waals surface area contributed by atoms with E-state index < -0.39 is 18.2 Å². The Morgan fingerprint density at radius 3 is 2.14 bits per heavy atom. The maximum absolute atomic E-state index is 11.3. The molecule has 2 unspecified atom stereocenters. The molecule has 0 aliphatic carbocycles. The summed E-state index contributed by atoms with van der Waals surface area (Å²) in [6.45, 7) is 7.16. The quantitative estimate of drug-likeness (QED) is 0.609. The molecule has 0 heterocycles. The number of hydrogen-bond donors (Lipinski definition) is 0. The summed E-state index contributed by atoms with van der Waals surface area (Å²) in [4.78, 5) is 22.4. The van der Waals surface area contributed by atoms with Crippen LogP contribution in [0, 0.1) is 0 Å². The first-order chi connectivity index (χ1) is 6.52. The summed E-state index contributed by atoms with van der Waals surface area (Å²) in [5, 5.41) is 0. The Morgan fingerprint density at radius 2 is 1.71 bits per heavy atom. The van der Waals surface area contributed by atoms with E-state index in [9.17, 15) is 9.59 Å². The van der Waals surface area contributed by atoms with Gasteiger partial charge in [-0.05, 0) is 20.8 Å². The fraction of sp³-hybridized carbons (Fsp3) is 0.800. The number of rotatable bonds is 6. The molecule has 0 spiro atoms. The number of hydrogen-bond acceptors (Lipinski definition) is 4. The van der Waals surface area contributed by atoms with Crippen molar-refractivity contribution in [2.24, 2.45) is 0 Å². The topological polar surface area (TPSA) is 52.6 Å². The second-order valence-corrected chi connectivity index (χ2v) is 3.00. The average molecular weight is 202 g/mol. The lowest BCUT2D eigenvalue weighted by Crippen LogP contribution is -2.30. The predicted molar refractivity (Wildman–Crippen MR) is 51.9 cm³/mol. The van der Waals surface area contributed by atoms with Crippen molar-refractivity contribution < 1.29 is 19.1 Å². The molecule has 0 fully saturated rings. The second kappa shape index (κ2) is 6.54. The molecule has 0 aromatic rings. The molecular weight excluding hydrogens is 184 g/mol. The Labute approximate surface area is 84.6 Å². The molecule has 0 bridgehead atoms. The standard InChI is InChI=1S/C10H18O4/c1-5-9(11)7(3)14-10(12)8(4)13-6-2/h7-8H,5-6H2,1-4H3. The highest BCUT2D eigenvalue weighted by atomic mass is 16.6. The van der Waals surface area contributed by atoms with Gasteiger partial charge < -0.3 is 9.47 Å². The molecule has 0 aromatic carbocycles. The summed E-state index contributed by atoms with van der Waals surface area (Å²) in [5.74, 6) is -0.566. The Balaban J connectivity index is 3.98. The first-order valence-electron chi connectivity index (χ1n) is 4.87. The lowest BCUT2D eigenvalue weighted by Gasteiger charge is -2.15. The summed E-state index contributed by atoms with van der Waals surface area (Å²) in [6.07, 6.45) is -0.903. The van der Waals surface area contributed by atoms with Crippen molar-refractivity contribution in [1.82, 2.24) is 0 Å². The van der Waals surface area contributed by atoms with E-state index in [1.807, 2.05) is 0 Å². The van der Waals surface area contributed by atoms with Crippen LogP contribution in [0.15, 0.2) is 0 Å². The third kappa shape index (κ3) is 4.37. The van der Waals surface area contributed by atoms with Gasteiger partial charge >= 0.3 is 5.97 Å². The van der Waals surface area contributed by atoms with Crippen LogP contribution in [0.25, 0.3) is 0 Å². The van der Waals surface area contributed by atoms with Gasteiger partial charge in [-0.15, -0.1) is 0 Å². The molecule has 0 aromatic heterocycles. The van der Waals surface area contributed by atoms with Crippen LogP contribution in [0.1, 0.15) is 34.1 Å². The summed E-state index contributed by atoms with van der Waals surface area (Å²) in [7, 11) is 0. The first-order valence-corrected chi connectivity index (χ1v) is 4.87. The Morgan fingerprint density at radius 1 is 1.14 bits per heavy atom. The van der Waals surface area contributed by atoms with Gasteiger partial charge in [0.25, 0.3) is 0 Å². The van der Waals surface area contributed by atoms with E-state index >= 15 is 0 Å². The molecular formula is C10H18O4. The molecule has 0 aliphatic rings. The van der Waals surface area contributed by atoms with E-state index in [4.69, 9.17) is 9.47 Å². The van der Waals surface area contributed by atoms with Crippen molar-refractivity contribution >= 4 is 11.8 Å². The van der Waals surface area contributed by atoms with Crippen LogP contribution < -0.4 is 0 Å². The lowest BCUT2D eigenvalue weighted by molar-refractivity contribution is -0.164. The van der Waals surface area contributed by atoms with Gasteiger partial charge in [0.2, 0.25) is 0 Å². The lowest BCUT2D eigenvalue weighted by atomic mass is 10.2. The molecule has 0 rings (SSSR count). The van der Waals surface area contributed by atoms with Crippen LogP contribution in [0.5, 0.6) is 0 Å². The van der Waals surface area contributed by atoms with Gasteiger partial charge in [-0.25, -0.2) is 4.79 Å². The molecule has 0 saturated carbocycles. The van der Waals surface area contributed by atoms with Crippen LogP contribution in [0.4, 0.5) is 0 Å². The summed E-state index contributed by atoms with van der Waals surface area (Å²) >= 11 is 0. The fourth-order valence-electron chi connectivity index (χ4n) is 0.941. The Kier molecular flexibility index (Phi) is 6.12. The van der Waals surface area contributed by atoms with Gasteiger partial charge in [0.05, 0.1) is 0 Å². The zero-order chi connectivity index (χ0) is 11.1. The number of Topliss-reactive ketones (excluding diaryl/α,β-unsaturated/α-hetero) is 1. The molecule has 0 aliphatic heterocycles. The van der Waals surface area contributed by atoms with Gasteiger partial charge in [0.15, 0.2) is 18.0 Å². The zero-order valence-electron chi connectivity index (χ0n) is 9.20. The number of esters is 1. The minimum Gasteiger partial charge on any atom is -0.453 e. The maximum atomic E-state index is 11.3. The van der Waals surface area contributed by atoms with Gasteiger partial charge in [-0.3, -0.25) is 4.79 Å². The Bertz CT molecular complexity index is 200. The van der Waals surface area contributed by atoms with E-state index in [1.54, 1.807) is 27.7 Å². The van der Waals surface area contributed by atoms with Crippen LogP contribution >= 0.6 is 0 Å². The van der Waals surface area contributed by atoms with E-state index in [2.05, 4.69) is 0 Å². The highest BCUT2D eigenvalue weighted by molar-refractivity contribution is 5.85. The highest BCUT2D eigenvalue weighted by Gasteiger charge is 2.20. The fourth-order valence-corrected chi connectivity index (χ4v) is 0.941. The van der Waals surface area contributed by atoms with Crippen LogP contribution in [-0.4, -0.2) is 30.6 Å². The smallest absolute Gasteiger partial charge is 0.335 e. The van der Waals surface area contributed by atoms with Gasteiger partial charge in [-0.1, -0.05) is 6.92 Å². The number of ketones is 1. The minimum absolute atomic E-state index is 0.0814. The second-order valence-electron chi connectivity index (χ2n) is 3.00. The van der Waals surface area contributed by atoms with E-state index in [-0.39, 0.29) is 5.78 Å². The first kappa shape index (κ1) is 13.1. The van der Waals surface area contributed by atoms with Crippen molar-refractivity contribution in [3.05, 3.63) is 0 Å². The van der Waals surface area contributed by atoms with Crippen LogP contribution in [-0.2, 0) is 19.1 Å². The van der Waals surface area contributed by atoms with Crippen molar-refractivity contribution in [1.29, 1.82) is 0 Å². The minimum atomic E-state index is -0.671. The van der Waals surface area contributed by atoms with Crippen molar-refractivity contribution in [2.75, 3.05) is 6.61 Å². The average Bonchev–Trinajstić information content (AvgIpc) is 2.16. The molecule has 4 heteroatoms. The summed E-state index contributed by atoms with van der Waals surface area (Å²) in [6, 6.07) is 0. The number of ether oxygens (including phenoxy) is 2. The van der Waals surface area contributed by atoms with E-state index in [0.717, 1.165) is 0 Å². The molecule has 0 saturated heterocycles. The SMILES string of the molecule is CCOC(C)C(=O)OC(C)C(=O)CC. The van der Waals surface area contributed by atoms with Crippen molar-refractivity contribution in [3.8, 4) is 0 Å². The van der Waals surface area contributed by atoms with Gasteiger partial charge in [-0.2, -0.15) is 0 Å². The number of carbonyl (C=O) groups excluding carboxylic acids is 2. The highest BCUT2D eigenvalue weighted by Crippen LogP contribution is 2.01. The molecule has 14 heavy (non-hydrogen) atoms. The van der Waals surface area contributed by atoms with Crippen LogP contribution in [0.3, 0.4) is 0 Å². The summed E-state index contributed by atoms with van der Waals surface area (Å²) < 4.78 is 9.94. The molecule has 82 valence electrons. The van der Waals surface area contributed by atoms with Crippen molar-refractivity contribution in [3.63, 3.8) is 0 Å². The van der Waals surface area contributed by atoms with Gasteiger partial charge in [0.1, 0.15) is 0 Å². The third-order valence-electron chi connectivity index (χ3n) is 1.84. The largest absolute Gasteiger partial charge is 0.453 e. The molecule has 0 amide bonds. The summed E-state index contributed by atoms with van der Waals surface area (Å²) in [5.41, 5.74) is 0. The molecule has 4 nitrogen and oxygen atoms in total. The predicted octanol–water partition coefficient (Wildman–Crippen LogP) is 1.32. The third-order valence-corrected chi connectivity index (χ3v) is 1.84.